The summed E-state index contributed by atoms with van der Waals surface area (Å²) in [5, 5.41) is 0. The third kappa shape index (κ3) is 5.27. The molecule has 2 aliphatic heterocycles. The van der Waals surface area contributed by atoms with Crippen molar-refractivity contribution in [2.45, 2.75) is 13.1 Å². The van der Waals surface area contributed by atoms with E-state index < -0.39 is 11.7 Å². The Hall–Kier alpha value is -3.60. The maximum absolute atomic E-state index is 13.6. The molecule has 0 saturated carbocycles. The normalized spacial score (nSPS) is 16.7. The number of halogens is 3. The Morgan fingerprint density at radius 1 is 0.865 bits per heavy atom. The van der Waals surface area contributed by atoms with Crippen LogP contribution in [-0.2, 0) is 10.9 Å². The molecule has 0 radical (unpaired) electrons. The molecule has 0 bridgehead atoms. The SMILES string of the molecule is COc1cccc(-c2nc(N3CCOCC3)nc(N3CCN(c4ncccc4C(F)(F)F)CC3)c2C)c1. The minimum Gasteiger partial charge on any atom is -0.497 e. The van der Waals surface area contributed by atoms with Crippen molar-refractivity contribution in [3.8, 4) is 17.0 Å². The first-order chi connectivity index (χ1) is 17.8. The van der Waals surface area contributed by atoms with Gasteiger partial charge in [-0.05, 0) is 31.2 Å². The highest BCUT2D eigenvalue weighted by molar-refractivity contribution is 5.72. The number of aromatic nitrogens is 3. The van der Waals surface area contributed by atoms with Gasteiger partial charge >= 0.3 is 6.18 Å². The molecule has 4 heterocycles. The largest absolute Gasteiger partial charge is 0.497 e. The fourth-order valence-electron chi connectivity index (χ4n) is 4.76. The molecular formula is C26H29F3N6O2. The first-order valence-electron chi connectivity index (χ1n) is 12.2. The zero-order chi connectivity index (χ0) is 26.0. The average Bonchev–Trinajstić information content (AvgIpc) is 2.93. The summed E-state index contributed by atoms with van der Waals surface area (Å²) in [4.78, 5) is 19.9. The van der Waals surface area contributed by atoms with Crippen LogP contribution < -0.4 is 19.4 Å². The lowest BCUT2D eigenvalue weighted by Gasteiger charge is -2.38. The smallest absolute Gasteiger partial charge is 0.419 e. The van der Waals surface area contributed by atoms with E-state index in [1.165, 1.54) is 12.3 Å². The van der Waals surface area contributed by atoms with Crippen molar-refractivity contribution in [1.29, 1.82) is 0 Å². The Labute approximate surface area is 213 Å². The van der Waals surface area contributed by atoms with Gasteiger partial charge in [0, 0.05) is 56.6 Å². The Morgan fingerprint density at radius 3 is 2.24 bits per heavy atom. The van der Waals surface area contributed by atoms with E-state index in [2.05, 4.69) is 14.8 Å². The fraction of sp³-hybridized carbons (Fsp3) is 0.423. The van der Waals surface area contributed by atoms with Gasteiger partial charge in [0.2, 0.25) is 5.95 Å². The van der Waals surface area contributed by atoms with Crippen LogP contribution in [0.25, 0.3) is 11.3 Å². The van der Waals surface area contributed by atoms with E-state index in [-0.39, 0.29) is 5.82 Å². The number of pyridine rings is 1. The standard InChI is InChI=1S/C26H29F3N6O2/c1-18-22(19-5-3-6-20(17-19)36-2)31-25(35-13-15-37-16-14-35)32-23(18)33-9-11-34(12-10-33)24-21(26(27,28)29)7-4-8-30-24/h3-8,17H,9-16H2,1-2H3. The number of piperazine rings is 1. The average molecular weight is 515 g/mol. The topological polar surface area (TPSA) is 66.9 Å². The van der Waals surface area contributed by atoms with E-state index in [0.29, 0.717) is 58.4 Å². The minimum atomic E-state index is -4.46. The Balaban J connectivity index is 1.46. The lowest BCUT2D eigenvalue weighted by Crippen LogP contribution is -2.48. The zero-order valence-electron chi connectivity index (χ0n) is 20.8. The maximum atomic E-state index is 13.6. The van der Waals surface area contributed by atoms with Crippen LogP contribution in [0, 0.1) is 6.92 Å². The Morgan fingerprint density at radius 2 is 1.57 bits per heavy atom. The summed E-state index contributed by atoms with van der Waals surface area (Å²) in [5.74, 6) is 2.11. The Bertz CT molecular complexity index is 1240. The van der Waals surface area contributed by atoms with Crippen molar-refractivity contribution in [3.63, 3.8) is 0 Å². The predicted octanol–water partition coefficient (Wildman–Crippen LogP) is 4.04. The maximum Gasteiger partial charge on any atom is 0.419 e. The molecule has 37 heavy (non-hydrogen) atoms. The van der Waals surface area contributed by atoms with Crippen LogP contribution in [0.4, 0.5) is 30.8 Å². The summed E-state index contributed by atoms with van der Waals surface area (Å²) in [6, 6.07) is 10.1. The van der Waals surface area contributed by atoms with Gasteiger partial charge in [0.15, 0.2) is 0 Å². The number of ether oxygens (including phenoxy) is 2. The highest BCUT2D eigenvalue weighted by Crippen LogP contribution is 2.36. The van der Waals surface area contributed by atoms with Gasteiger partial charge in [0.1, 0.15) is 17.4 Å². The summed E-state index contributed by atoms with van der Waals surface area (Å²) in [7, 11) is 1.63. The van der Waals surface area contributed by atoms with E-state index in [1.807, 2.05) is 31.2 Å². The predicted molar refractivity (Wildman–Crippen MR) is 135 cm³/mol. The molecule has 5 rings (SSSR count). The molecule has 196 valence electrons. The number of benzene rings is 1. The van der Waals surface area contributed by atoms with Gasteiger partial charge in [-0.3, -0.25) is 0 Å². The molecule has 2 saturated heterocycles. The summed E-state index contributed by atoms with van der Waals surface area (Å²) < 4.78 is 51.6. The number of hydrogen-bond donors (Lipinski definition) is 0. The van der Waals surface area contributed by atoms with E-state index in [1.54, 1.807) is 12.0 Å². The second kappa shape index (κ2) is 10.4. The van der Waals surface area contributed by atoms with Crippen molar-refractivity contribution in [3.05, 3.63) is 53.7 Å². The van der Waals surface area contributed by atoms with Gasteiger partial charge in [-0.1, -0.05) is 12.1 Å². The van der Waals surface area contributed by atoms with Crippen LogP contribution in [0.3, 0.4) is 0 Å². The molecule has 2 fully saturated rings. The third-order valence-electron chi connectivity index (χ3n) is 6.72. The van der Waals surface area contributed by atoms with Gasteiger partial charge in [-0.15, -0.1) is 0 Å². The molecule has 0 spiro atoms. The number of alkyl halides is 3. The van der Waals surface area contributed by atoms with Crippen LogP contribution in [0.1, 0.15) is 11.1 Å². The molecule has 0 atom stereocenters. The number of anilines is 3. The molecule has 0 aliphatic carbocycles. The molecule has 1 aromatic carbocycles. The van der Waals surface area contributed by atoms with Crippen LogP contribution in [0.15, 0.2) is 42.6 Å². The second-order valence-corrected chi connectivity index (χ2v) is 9.00. The van der Waals surface area contributed by atoms with Gasteiger partial charge in [0.25, 0.3) is 0 Å². The number of nitrogens with zero attached hydrogens (tertiary/aromatic N) is 6. The lowest BCUT2D eigenvalue weighted by molar-refractivity contribution is -0.137. The van der Waals surface area contributed by atoms with E-state index in [4.69, 9.17) is 19.4 Å². The monoisotopic (exact) mass is 514 g/mol. The highest BCUT2D eigenvalue weighted by atomic mass is 19.4. The fourth-order valence-corrected chi connectivity index (χ4v) is 4.76. The van der Waals surface area contributed by atoms with Crippen molar-refractivity contribution in [2.75, 3.05) is 74.3 Å². The summed E-state index contributed by atoms with van der Waals surface area (Å²) >= 11 is 0. The molecule has 11 heteroatoms. The van der Waals surface area contributed by atoms with Crippen LogP contribution in [-0.4, -0.2) is 74.5 Å². The first-order valence-corrected chi connectivity index (χ1v) is 12.2. The molecule has 0 unspecified atom stereocenters. The Kier molecular flexibility index (Phi) is 7.05. The second-order valence-electron chi connectivity index (χ2n) is 9.00. The molecule has 3 aromatic rings. The molecule has 8 nitrogen and oxygen atoms in total. The minimum absolute atomic E-state index is 0.0277. The number of methoxy groups -OCH3 is 1. The van der Waals surface area contributed by atoms with Crippen molar-refractivity contribution < 1.29 is 22.6 Å². The number of rotatable bonds is 5. The molecule has 0 amide bonds. The molecule has 2 aromatic heterocycles. The molecule has 0 N–H and O–H groups in total. The third-order valence-corrected chi connectivity index (χ3v) is 6.72. The zero-order valence-corrected chi connectivity index (χ0v) is 20.8. The highest BCUT2D eigenvalue weighted by Gasteiger charge is 2.36. The first kappa shape index (κ1) is 25.1. The number of morpholine rings is 1. The molecular weight excluding hydrogens is 485 g/mol. The molecule has 2 aliphatic rings. The van der Waals surface area contributed by atoms with Gasteiger partial charge < -0.3 is 24.2 Å². The van der Waals surface area contributed by atoms with E-state index >= 15 is 0 Å². The van der Waals surface area contributed by atoms with Crippen molar-refractivity contribution >= 4 is 17.6 Å². The van der Waals surface area contributed by atoms with Gasteiger partial charge in [0.05, 0.1) is 31.6 Å². The van der Waals surface area contributed by atoms with Crippen LogP contribution in [0.5, 0.6) is 5.75 Å². The summed E-state index contributed by atoms with van der Waals surface area (Å²) in [6.07, 6.45) is -3.05. The van der Waals surface area contributed by atoms with Crippen LogP contribution in [0.2, 0.25) is 0 Å². The van der Waals surface area contributed by atoms with Crippen molar-refractivity contribution in [2.24, 2.45) is 0 Å². The van der Waals surface area contributed by atoms with Crippen LogP contribution >= 0.6 is 0 Å². The van der Waals surface area contributed by atoms with E-state index in [9.17, 15) is 13.2 Å². The van der Waals surface area contributed by atoms with Gasteiger partial charge in [-0.2, -0.15) is 18.2 Å². The lowest BCUT2D eigenvalue weighted by atomic mass is 10.1. The summed E-state index contributed by atoms with van der Waals surface area (Å²) in [5.41, 5.74) is 1.91. The van der Waals surface area contributed by atoms with Crippen molar-refractivity contribution in [1.82, 2.24) is 15.0 Å². The summed E-state index contributed by atoms with van der Waals surface area (Å²) in [6.45, 7) is 6.37. The quantitative estimate of drug-likeness (QED) is 0.506. The number of hydrogen-bond acceptors (Lipinski definition) is 8. The van der Waals surface area contributed by atoms with Gasteiger partial charge in [-0.25, -0.2) is 9.97 Å². The van der Waals surface area contributed by atoms with E-state index in [0.717, 1.165) is 34.5 Å².